The number of benzene rings is 1. The molecular weight excluding hydrogens is 409 g/mol. The Labute approximate surface area is 180 Å². The summed E-state index contributed by atoms with van der Waals surface area (Å²) in [6, 6.07) is 6.04. The quantitative estimate of drug-likeness (QED) is 0.699. The van der Waals surface area contributed by atoms with Gasteiger partial charge in [-0.25, -0.2) is 4.39 Å². The molecule has 1 saturated carbocycles. The highest BCUT2D eigenvalue weighted by Gasteiger charge is 2.27. The van der Waals surface area contributed by atoms with Gasteiger partial charge in [-0.05, 0) is 55.9 Å². The SMILES string of the molecule is Cc1cncc(CNC(=O)C2CCC(NC(=O)COc3ccc(Cl)c(F)c3)CC2)c1. The van der Waals surface area contributed by atoms with Crippen LogP contribution in [-0.4, -0.2) is 29.4 Å². The van der Waals surface area contributed by atoms with Crippen LogP contribution >= 0.6 is 11.6 Å². The van der Waals surface area contributed by atoms with Crippen LogP contribution in [0.3, 0.4) is 0 Å². The zero-order valence-electron chi connectivity index (χ0n) is 16.8. The highest BCUT2D eigenvalue weighted by Crippen LogP contribution is 2.25. The summed E-state index contributed by atoms with van der Waals surface area (Å²) in [5.41, 5.74) is 2.04. The molecule has 6 nitrogen and oxygen atoms in total. The van der Waals surface area contributed by atoms with E-state index in [0.29, 0.717) is 19.4 Å². The van der Waals surface area contributed by atoms with Crippen LogP contribution in [0.25, 0.3) is 0 Å². The molecule has 160 valence electrons. The Hall–Kier alpha value is -2.67. The lowest BCUT2D eigenvalue weighted by Gasteiger charge is -2.28. The predicted molar refractivity (Wildman–Crippen MR) is 112 cm³/mol. The van der Waals surface area contributed by atoms with Gasteiger partial charge in [0.25, 0.3) is 5.91 Å². The summed E-state index contributed by atoms with van der Waals surface area (Å²) < 4.78 is 18.7. The van der Waals surface area contributed by atoms with Crippen LogP contribution in [0.5, 0.6) is 5.75 Å². The van der Waals surface area contributed by atoms with Gasteiger partial charge in [0.2, 0.25) is 5.91 Å². The number of nitrogens with zero attached hydrogens (tertiary/aromatic N) is 1. The molecule has 2 N–H and O–H groups in total. The third kappa shape index (κ3) is 6.42. The molecule has 1 fully saturated rings. The lowest BCUT2D eigenvalue weighted by Crippen LogP contribution is -2.42. The summed E-state index contributed by atoms with van der Waals surface area (Å²) in [7, 11) is 0. The van der Waals surface area contributed by atoms with E-state index in [-0.39, 0.29) is 41.2 Å². The van der Waals surface area contributed by atoms with Crippen LogP contribution < -0.4 is 15.4 Å². The smallest absolute Gasteiger partial charge is 0.258 e. The number of halogens is 2. The third-order valence-corrected chi connectivity index (χ3v) is 5.43. The molecule has 30 heavy (non-hydrogen) atoms. The number of hydrogen-bond donors (Lipinski definition) is 2. The number of nitrogens with one attached hydrogen (secondary N) is 2. The first-order chi connectivity index (χ1) is 14.4. The van der Waals surface area contributed by atoms with Crippen molar-refractivity contribution in [3.63, 3.8) is 0 Å². The Bertz CT molecular complexity index is 901. The highest BCUT2D eigenvalue weighted by molar-refractivity contribution is 6.30. The van der Waals surface area contributed by atoms with Crippen molar-refractivity contribution in [3.8, 4) is 5.75 Å². The monoisotopic (exact) mass is 433 g/mol. The minimum Gasteiger partial charge on any atom is -0.484 e. The predicted octanol–water partition coefficient (Wildman–Crippen LogP) is 3.55. The molecule has 2 aromatic rings. The third-order valence-electron chi connectivity index (χ3n) is 5.12. The lowest BCUT2D eigenvalue weighted by molar-refractivity contribution is -0.126. The standard InChI is InChI=1S/C22H25ClFN3O3/c1-14-8-15(11-25-10-14)12-26-22(29)16-2-4-17(5-3-16)27-21(28)13-30-18-6-7-19(23)20(24)9-18/h6-11,16-17H,2-5,12-13H2,1H3,(H,26,29)(H,27,28). The van der Waals surface area contributed by atoms with Crippen molar-refractivity contribution >= 4 is 23.4 Å². The van der Waals surface area contributed by atoms with Crippen LogP contribution in [0, 0.1) is 18.7 Å². The summed E-state index contributed by atoms with van der Waals surface area (Å²) in [5, 5.41) is 5.89. The lowest BCUT2D eigenvalue weighted by atomic mass is 9.85. The average molecular weight is 434 g/mol. The molecule has 1 aromatic carbocycles. The van der Waals surface area contributed by atoms with Gasteiger partial charge in [0.1, 0.15) is 11.6 Å². The number of hydrogen-bond acceptors (Lipinski definition) is 4. The molecule has 0 aliphatic heterocycles. The number of amides is 2. The summed E-state index contributed by atoms with van der Waals surface area (Å²) in [6.07, 6.45) is 6.41. The maximum Gasteiger partial charge on any atom is 0.258 e. The average Bonchev–Trinajstić information content (AvgIpc) is 2.73. The van der Waals surface area contributed by atoms with Crippen molar-refractivity contribution in [2.45, 2.75) is 45.2 Å². The van der Waals surface area contributed by atoms with Gasteiger partial charge < -0.3 is 15.4 Å². The Morgan fingerprint density at radius 3 is 2.67 bits per heavy atom. The van der Waals surface area contributed by atoms with Crippen LogP contribution in [0.2, 0.25) is 5.02 Å². The number of pyridine rings is 1. The molecule has 1 aliphatic carbocycles. The van der Waals surface area contributed by atoms with E-state index in [4.69, 9.17) is 16.3 Å². The maximum atomic E-state index is 13.4. The minimum absolute atomic E-state index is 0.00291. The first kappa shape index (κ1) is 22.0. The van der Waals surface area contributed by atoms with E-state index in [1.807, 2.05) is 13.0 Å². The van der Waals surface area contributed by atoms with E-state index in [2.05, 4.69) is 15.6 Å². The topological polar surface area (TPSA) is 80.3 Å². The molecule has 0 unspecified atom stereocenters. The second kappa shape index (κ2) is 10.4. The molecule has 1 heterocycles. The van der Waals surface area contributed by atoms with Crippen LogP contribution in [-0.2, 0) is 16.1 Å². The van der Waals surface area contributed by atoms with Crippen molar-refractivity contribution < 1.29 is 18.7 Å². The number of aryl methyl sites for hydroxylation is 1. The number of aromatic nitrogens is 1. The first-order valence-corrected chi connectivity index (χ1v) is 10.3. The summed E-state index contributed by atoms with van der Waals surface area (Å²) in [6.45, 7) is 2.23. The van der Waals surface area contributed by atoms with E-state index >= 15 is 0 Å². The zero-order valence-corrected chi connectivity index (χ0v) is 17.5. The van der Waals surface area contributed by atoms with Crippen molar-refractivity contribution in [2.75, 3.05) is 6.61 Å². The van der Waals surface area contributed by atoms with E-state index in [1.54, 1.807) is 12.4 Å². The molecule has 8 heteroatoms. The zero-order chi connectivity index (χ0) is 21.5. The van der Waals surface area contributed by atoms with Crippen LogP contribution in [0.15, 0.2) is 36.7 Å². The van der Waals surface area contributed by atoms with Crippen molar-refractivity contribution in [2.24, 2.45) is 5.92 Å². The second-order valence-electron chi connectivity index (χ2n) is 7.57. The van der Waals surface area contributed by atoms with Crippen molar-refractivity contribution in [1.29, 1.82) is 0 Å². The molecule has 0 saturated heterocycles. The normalized spacial score (nSPS) is 18.5. The maximum absolute atomic E-state index is 13.4. The van der Waals surface area contributed by atoms with Gasteiger partial charge in [0, 0.05) is 37.0 Å². The Morgan fingerprint density at radius 1 is 1.20 bits per heavy atom. The molecule has 1 aliphatic rings. The molecule has 3 rings (SSSR count). The van der Waals surface area contributed by atoms with E-state index in [9.17, 15) is 14.0 Å². The summed E-state index contributed by atoms with van der Waals surface area (Å²) >= 11 is 5.62. The fourth-order valence-corrected chi connectivity index (χ4v) is 3.65. The van der Waals surface area contributed by atoms with E-state index in [0.717, 1.165) is 30.0 Å². The van der Waals surface area contributed by atoms with Crippen molar-refractivity contribution in [1.82, 2.24) is 15.6 Å². The summed E-state index contributed by atoms with van der Waals surface area (Å²) in [4.78, 5) is 28.6. The highest BCUT2D eigenvalue weighted by atomic mass is 35.5. The number of carbonyl (C=O) groups is 2. The molecule has 1 aromatic heterocycles. The van der Waals surface area contributed by atoms with Gasteiger partial charge in [-0.1, -0.05) is 17.7 Å². The Balaban J connectivity index is 1.36. The molecule has 0 bridgehead atoms. The van der Waals surface area contributed by atoms with Gasteiger partial charge in [0.05, 0.1) is 5.02 Å². The molecule has 0 atom stereocenters. The van der Waals surface area contributed by atoms with E-state index in [1.165, 1.54) is 12.1 Å². The molecule has 0 radical (unpaired) electrons. The van der Waals surface area contributed by atoms with Gasteiger partial charge in [-0.3, -0.25) is 14.6 Å². The molecule has 2 amide bonds. The van der Waals surface area contributed by atoms with Gasteiger partial charge in [0.15, 0.2) is 6.61 Å². The minimum atomic E-state index is -0.593. The molecular formula is C22H25ClFN3O3. The van der Waals surface area contributed by atoms with E-state index < -0.39 is 5.82 Å². The fraction of sp³-hybridized carbons (Fsp3) is 0.409. The van der Waals surface area contributed by atoms with Gasteiger partial charge in [-0.15, -0.1) is 0 Å². The second-order valence-corrected chi connectivity index (χ2v) is 7.98. The van der Waals surface area contributed by atoms with Crippen molar-refractivity contribution in [3.05, 3.63) is 58.6 Å². The number of carbonyl (C=O) groups excluding carboxylic acids is 2. The number of ether oxygens (including phenoxy) is 1. The van der Waals surface area contributed by atoms with Crippen LogP contribution in [0.4, 0.5) is 4.39 Å². The summed E-state index contributed by atoms with van der Waals surface area (Å²) in [5.74, 6) is -0.634. The van der Waals surface area contributed by atoms with Gasteiger partial charge >= 0.3 is 0 Å². The first-order valence-electron chi connectivity index (χ1n) is 9.96. The van der Waals surface area contributed by atoms with Crippen LogP contribution in [0.1, 0.15) is 36.8 Å². The number of rotatable bonds is 7. The Kier molecular flexibility index (Phi) is 7.63. The molecule has 0 spiro atoms. The Morgan fingerprint density at radius 2 is 1.97 bits per heavy atom. The van der Waals surface area contributed by atoms with Gasteiger partial charge in [-0.2, -0.15) is 0 Å². The fourth-order valence-electron chi connectivity index (χ4n) is 3.53. The largest absolute Gasteiger partial charge is 0.484 e.